The average Bonchev–Trinajstić information content (AvgIpc) is 2.49. The monoisotopic (exact) mass is 168 g/mol. The molecule has 6 heteroatoms. The van der Waals surface area contributed by atoms with Crippen LogP contribution in [0.5, 0.6) is 0 Å². The lowest BCUT2D eigenvalue weighted by Crippen LogP contribution is -2.23. The molecule has 0 radical (unpaired) electrons. The van der Waals surface area contributed by atoms with E-state index >= 15 is 0 Å². The van der Waals surface area contributed by atoms with Crippen LogP contribution in [-0.2, 0) is 6.54 Å². The third-order valence-corrected chi connectivity index (χ3v) is 1.31. The van der Waals surface area contributed by atoms with Gasteiger partial charge < -0.3 is 11.5 Å². The van der Waals surface area contributed by atoms with Gasteiger partial charge in [0.2, 0.25) is 0 Å². The fourth-order valence-corrected chi connectivity index (χ4v) is 0.793. The molecular weight excluding hydrogens is 156 g/mol. The largest absolute Gasteiger partial charge is 0.370 e. The number of aryl methyl sites for hydroxylation is 1. The second-order valence-corrected chi connectivity index (χ2v) is 2.33. The third-order valence-electron chi connectivity index (χ3n) is 1.31. The van der Waals surface area contributed by atoms with Crippen molar-refractivity contribution in [3.63, 3.8) is 0 Å². The van der Waals surface area contributed by atoms with Gasteiger partial charge in [-0.3, -0.25) is 9.67 Å². The van der Waals surface area contributed by atoms with Gasteiger partial charge >= 0.3 is 0 Å². The van der Waals surface area contributed by atoms with Crippen LogP contribution >= 0.6 is 0 Å². The SMILES string of the molecule is NC(N)=NCCCn1ccnn1. The summed E-state index contributed by atoms with van der Waals surface area (Å²) < 4.78 is 1.74. The first-order chi connectivity index (χ1) is 5.79. The Morgan fingerprint density at radius 2 is 2.33 bits per heavy atom. The first kappa shape index (κ1) is 8.51. The summed E-state index contributed by atoms with van der Waals surface area (Å²) in [5.41, 5.74) is 10.3. The molecule has 1 aromatic rings. The van der Waals surface area contributed by atoms with Crippen LogP contribution in [0, 0.1) is 0 Å². The molecular formula is C6H12N6. The molecule has 0 aliphatic rings. The van der Waals surface area contributed by atoms with Gasteiger partial charge in [-0.15, -0.1) is 5.10 Å². The molecule has 0 atom stereocenters. The molecule has 66 valence electrons. The lowest BCUT2D eigenvalue weighted by Gasteiger charge is -1.96. The zero-order valence-electron chi connectivity index (χ0n) is 6.72. The Bertz CT molecular complexity index is 235. The summed E-state index contributed by atoms with van der Waals surface area (Å²) in [6, 6.07) is 0. The third kappa shape index (κ3) is 3.00. The van der Waals surface area contributed by atoms with Gasteiger partial charge in [0.25, 0.3) is 0 Å². The van der Waals surface area contributed by atoms with Gasteiger partial charge in [0.15, 0.2) is 5.96 Å². The van der Waals surface area contributed by atoms with E-state index < -0.39 is 0 Å². The summed E-state index contributed by atoms with van der Waals surface area (Å²) in [7, 11) is 0. The van der Waals surface area contributed by atoms with E-state index in [1.165, 1.54) is 0 Å². The highest BCUT2D eigenvalue weighted by molar-refractivity contribution is 5.75. The summed E-state index contributed by atoms with van der Waals surface area (Å²) >= 11 is 0. The van der Waals surface area contributed by atoms with Gasteiger partial charge in [0, 0.05) is 19.3 Å². The molecule has 4 N–H and O–H groups in total. The molecule has 0 fully saturated rings. The van der Waals surface area contributed by atoms with Crippen LogP contribution in [0.15, 0.2) is 17.4 Å². The highest BCUT2D eigenvalue weighted by Crippen LogP contribution is 1.87. The number of rotatable bonds is 4. The van der Waals surface area contributed by atoms with Crippen molar-refractivity contribution in [3.05, 3.63) is 12.4 Å². The van der Waals surface area contributed by atoms with E-state index in [9.17, 15) is 0 Å². The number of nitrogens with two attached hydrogens (primary N) is 2. The van der Waals surface area contributed by atoms with Crippen molar-refractivity contribution in [1.29, 1.82) is 0 Å². The number of hydrogen-bond donors (Lipinski definition) is 2. The quantitative estimate of drug-likeness (QED) is 0.340. The van der Waals surface area contributed by atoms with Gasteiger partial charge in [-0.25, -0.2) is 0 Å². The van der Waals surface area contributed by atoms with Crippen LogP contribution in [0.25, 0.3) is 0 Å². The minimum Gasteiger partial charge on any atom is -0.370 e. The highest BCUT2D eigenvalue weighted by atomic mass is 15.4. The number of hydrogen-bond acceptors (Lipinski definition) is 3. The average molecular weight is 168 g/mol. The number of nitrogens with zero attached hydrogens (tertiary/aromatic N) is 4. The maximum Gasteiger partial charge on any atom is 0.185 e. The molecule has 1 aromatic heterocycles. The van der Waals surface area contributed by atoms with Crippen LogP contribution < -0.4 is 11.5 Å². The summed E-state index contributed by atoms with van der Waals surface area (Å²) in [4.78, 5) is 3.83. The molecule has 0 spiro atoms. The van der Waals surface area contributed by atoms with E-state index in [1.54, 1.807) is 17.1 Å². The molecule has 0 saturated heterocycles. The summed E-state index contributed by atoms with van der Waals surface area (Å²) in [5, 5.41) is 7.45. The number of guanidine groups is 1. The summed E-state index contributed by atoms with van der Waals surface area (Å²) in [5.74, 6) is 0.133. The maximum absolute atomic E-state index is 5.14. The van der Waals surface area contributed by atoms with E-state index in [-0.39, 0.29) is 5.96 Å². The van der Waals surface area contributed by atoms with Crippen molar-refractivity contribution < 1.29 is 0 Å². The molecule has 0 aliphatic carbocycles. The maximum atomic E-state index is 5.14. The molecule has 0 aliphatic heterocycles. The zero-order valence-corrected chi connectivity index (χ0v) is 6.72. The van der Waals surface area contributed by atoms with Crippen molar-refractivity contribution in [1.82, 2.24) is 15.0 Å². The van der Waals surface area contributed by atoms with E-state index in [2.05, 4.69) is 15.3 Å². The second kappa shape index (κ2) is 4.32. The van der Waals surface area contributed by atoms with Crippen LogP contribution in [-0.4, -0.2) is 27.5 Å². The van der Waals surface area contributed by atoms with Crippen LogP contribution in [0.4, 0.5) is 0 Å². The molecule has 0 bridgehead atoms. The van der Waals surface area contributed by atoms with Crippen LogP contribution in [0.3, 0.4) is 0 Å². The summed E-state index contributed by atoms with van der Waals surface area (Å²) in [6.45, 7) is 1.42. The minimum atomic E-state index is 0.133. The molecule has 6 nitrogen and oxygen atoms in total. The fourth-order valence-electron chi connectivity index (χ4n) is 0.793. The zero-order chi connectivity index (χ0) is 8.81. The lowest BCUT2D eigenvalue weighted by molar-refractivity contribution is 0.564. The molecule has 1 rings (SSSR count). The molecule has 0 saturated carbocycles. The topological polar surface area (TPSA) is 95.1 Å². The van der Waals surface area contributed by atoms with Gasteiger partial charge in [-0.05, 0) is 6.42 Å². The van der Waals surface area contributed by atoms with Crippen molar-refractivity contribution in [2.45, 2.75) is 13.0 Å². The first-order valence-electron chi connectivity index (χ1n) is 3.68. The van der Waals surface area contributed by atoms with Crippen LogP contribution in [0.2, 0.25) is 0 Å². The lowest BCUT2D eigenvalue weighted by atomic mass is 10.4. The minimum absolute atomic E-state index is 0.133. The predicted molar refractivity (Wildman–Crippen MR) is 45.3 cm³/mol. The molecule has 0 unspecified atom stereocenters. The van der Waals surface area contributed by atoms with E-state index in [4.69, 9.17) is 11.5 Å². The number of aromatic nitrogens is 3. The van der Waals surface area contributed by atoms with Crippen molar-refractivity contribution >= 4 is 5.96 Å². The van der Waals surface area contributed by atoms with Gasteiger partial charge in [-0.2, -0.15) is 0 Å². The van der Waals surface area contributed by atoms with E-state index in [0.717, 1.165) is 13.0 Å². The Kier molecular flexibility index (Phi) is 3.06. The van der Waals surface area contributed by atoms with Crippen LogP contribution in [0.1, 0.15) is 6.42 Å². The smallest absolute Gasteiger partial charge is 0.185 e. The number of aliphatic imine (C=N–C) groups is 1. The molecule has 12 heavy (non-hydrogen) atoms. The Morgan fingerprint density at radius 3 is 2.92 bits per heavy atom. The molecule has 0 amide bonds. The Labute approximate surface area is 70.3 Å². The van der Waals surface area contributed by atoms with Gasteiger partial charge in [0.1, 0.15) is 0 Å². The summed E-state index contributed by atoms with van der Waals surface area (Å²) in [6.07, 6.45) is 4.30. The normalized spacial score (nSPS) is 9.67. The predicted octanol–water partition coefficient (Wildman–Crippen LogP) is -1.06. The van der Waals surface area contributed by atoms with E-state index in [0.29, 0.717) is 6.54 Å². The second-order valence-electron chi connectivity index (χ2n) is 2.33. The Morgan fingerprint density at radius 1 is 1.50 bits per heavy atom. The Hall–Kier alpha value is -1.59. The molecule has 1 heterocycles. The van der Waals surface area contributed by atoms with Gasteiger partial charge in [0.05, 0.1) is 6.20 Å². The first-order valence-corrected chi connectivity index (χ1v) is 3.68. The van der Waals surface area contributed by atoms with Crippen molar-refractivity contribution in [2.24, 2.45) is 16.5 Å². The highest BCUT2D eigenvalue weighted by Gasteiger charge is 1.90. The standard InChI is InChI=1S/C6H12N6/c7-6(8)9-2-1-4-12-5-3-10-11-12/h3,5H,1-2,4H2,(H4,7,8,9). The molecule has 0 aromatic carbocycles. The Balaban J connectivity index is 2.16. The van der Waals surface area contributed by atoms with Gasteiger partial charge in [-0.1, -0.05) is 5.21 Å². The van der Waals surface area contributed by atoms with E-state index in [1.807, 2.05) is 0 Å². The fraction of sp³-hybridized carbons (Fsp3) is 0.500. The van der Waals surface area contributed by atoms with Crippen molar-refractivity contribution in [3.8, 4) is 0 Å². The van der Waals surface area contributed by atoms with Crippen molar-refractivity contribution in [2.75, 3.05) is 6.54 Å².